The van der Waals surface area contributed by atoms with Gasteiger partial charge in [0.15, 0.2) is 50.3 Å². The minimum atomic E-state index is -2.00. The molecule has 16 rings (SSSR count). The van der Waals surface area contributed by atoms with Crippen molar-refractivity contribution >= 4 is 0 Å². The summed E-state index contributed by atoms with van der Waals surface area (Å²) < 4.78 is 111. The fourth-order valence-corrected chi connectivity index (χ4v) is 30.7. The highest BCUT2D eigenvalue weighted by Gasteiger charge is 2.66. The van der Waals surface area contributed by atoms with E-state index in [0.717, 1.165) is 116 Å². The topological polar surface area (TPSA) is 712 Å². The molecule has 45 heteroatoms. The van der Waals surface area contributed by atoms with Crippen molar-refractivity contribution in [1.29, 1.82) is 0 Å². The highest BCUT2D eigenvalue weighted by atomic mass is 16.8. The predicted molar refractivity (Wildman–Crippen MR) is 502 cm³/mol. The van der Waals surface area contributed by atoms with Gasteiger partial charge < -0.3 is 223 Å². The number of fused-ring (bicyclic) bond motifs is 10. The average Bonchev–Trinajstić information content (AvgIpc) is 1.59. The monoisotopic (exact) mass is 2120 g/mol. The van der Waals surface area contributed by atoms with Gasteiger partial charge in [0.2, 0.25) is 0 Å². The standard InChI is InChI=1S/C102H174O45/c1-44(53-16-18-55-51-14-12-47-30-49(20-24-98(47,4)57(51)22-26-100(53,55)6)134-90-46(3)67(111)86(63(36-107)140-90)144-94-79(123)72(116)68(112)59(32-103)136-94)10-8-28-130-40-102(42-132-91-83(127)76(120)87(64(37-108)141-91)145-95-80(124)73(117)69(113)60(33-104)137-95,43-133-92-84(128)77(121)88(65(38-109)142-92)146-96-81(125)74(118)70(114)61(34-105)138-96)41-131-29-9-11-45(2)54-17-19-56-52-15-13-48-31-50(21-25-99(48,5)58(52)23-27-101(54,56)7)135-93-85(129)78(122)89(66(39-110)143-93)147-97-82(126)75(119)71(115)62(35-106)139-97/h44-97,103-129H,8-43H2,1-7H3/t44?,45?,46?,47?,48?,49?,50?,51?,52?,53?,54?,55?,56?,57?,58?,59?,60?,61?,62?,63?,64?,65?,66?,67-,68-,69-,70+,71+,72+,73+,74?,75?,76-,77?,78?,79?,80?,81-,82-,83?,84-,85-,86-,87-,88+,89+,90-,91-,92+,93+,94-,95-,96+,97+,98?,99?,100?,101?,102?/m1/s1. The highest BCUT2D eigenvalue weighted by Crippen LogP contribution is 2.71. The quantitative estimate of drug-likeness (QED) is 0.0201. The Labute approximate surface area is 857 Å². The zero-order chi connectivity index (χ0) is 106. The summed E-state index contributed by atoms with van der Waals surface area (Å²) in [6, 6.07) is 0. The van der Waals surface area contributed by atoms with Crippen LogP contribution in [0.15, 0.2) is 0 Å². The molecule has 8 saturated carbocycles. The van der Waals surface area contributed by atoms with Crippen LogP contribution in [0.2, 0.25) is 0 Å². The Morgan fingerprint density at radius 2 is 0.544 bits per heavy atom. The molecule has 0 aromatic heterocycles. The Balaban J connectivity index is 0.576. The molecule has 0 aromatic rings. The van der Waals surface area contributed by atoms with Crippen LogP contribution in [0.1, 0.15) is 190 Å². The maximum Gasteiger partial charge on any atom is 0.187 e. The molecule has 0 aromatic carbocycles. The lowest BCUT2D eigenvalue weighted by Crippen LogP contribution is -2.65. The van der Waals surface area contributed by atoms with Crippen LogP contribution in [0.4, 0.5) is 0 Å². The Kier molecular flexibility index (Phi) is 39.7. The molecule has 8 aliphatic heterocycles. The third kappa shape index (κ3) is 23.5. The smallest absolute Gasteiger partial charge is 0.187 e. The molecule has 16 aliphatic rings. The molecule has 8 aliphatic carbocycles. The van der Waals surface area contributed by atoms with Crippen molar-refractivity contribution in [3.8, 4) is 0 Å². The molecular weight excluding hydrogens is 1950 g/mol. The maximum atomic E-state index is 12.1. The number of aliphatic hydroxyl groups is 27. The SMILES string of the molecule is CC(CCCOCC(COCCCC(C)C1CCC2C3CCC4CC(O[C@H]5OC(CO)[C@H](O[C@@H]6OC(CO)[C@H](O)C(O)[C@H]6O)C(O)[C@H]5O)CCC4(C)C3CCC12C)(CO[C@@H]1OC(CO)[C@@H](O[C@H]2OC(CO)[C@@H](O)[C@H](O)C2O)[C@H](O)C1O)CO[C@H]1OC(CO)[C@H](O[C@@H]2OC(CO)[C@H](O)C(O)[C@H]2O)C(O)[C@H]1O)C1CCC2C3CCC4CC(O[C@@H]5OC(CO)[C@@H](O[C@H]6OC(CO)[C@@H](O)[C@H](O)C6O)[C@H](O)C5C)CCC4(C)C3CCC12C. The molecule has 8 saturated heterocycles. The maximum absolute atomic E-state index is 12.1. The molecule has 852 valence electrons. The van der Waals surface area contributed by atoms with Crippen molar-refractivity contribution in [3.05, 3.63) is 0 Å². The number of hydrogen-bond acceptors (Lipinski definition) is 45. The summed E-state index contributed by atoms with van der Waals surface area (Å²) in [6.07, 6.45) is -44.5. The van der Waals surface area contributed by atoms with E-state index in [4.69, 9.17) is 85.3 Å². The zero-order valence-electron chi connectivity index (χ0n) is 85.6. The number of aliphatic hydroxyl groups excluding tert-OH is 27. The van der Waals surface area contributed by atoms with Crippen molar-refractivity contribution in [2.75, 3.05) is 92.5 Å². The van der Waals surface area contributed by atoms with Crippen molar-refractivity contribution in [3.63, 3.8) is 0 Å². The van der Waals surface area contributed by atoms with Crippen LogP contribution < -0.4 is 0 Å². The first-order valence-electron chi connectivity index (χ1n) is 54.4. The van der Waals surface area contributed by atoms with Crippen LogP contribution in [0.3, 0.4) is 0 Å². The first kappa shape index (κ1) is 118. The Morgan fingerprint density at radius 3 is 0.878 bits per heavy atom. The van der Waals surface area contributed by atoms with Gasteiger partial charge in [-0.25, -0.2) is 0 Å². The number of hydrogen-bond donors (Lipinski definition) is 27. The first-order chi connectivity index (χ1) is 70.0. The van der Waals surface area contributed by atoms with E-state index in [1.54, 1.807) is 6.92 Å². The molecule has 0 amide bonds. The fraction of sp³-hybridized carbons (Fsp3) is 1.00. The summed E-state index contributed by atoms with van der Waals surface area (Å²) >= 11 is 0. The van der Waals surface area contributed by atoms with Gasteiger partial charge in [-0.2, -0.15) is 0 Å². The minimum Gasteiger partial charge on any atom is -0.394 e. The molecule has 8 heterocycles. The van der Waals surface area contributed by atoms with E-state index in [-0.39, 0.29) is 78.0 Å². The molecule has 147 heavy (non-hydrogen) atoms. The molecule has 16 fully saturated rings. The second-order valence-electron chi connectivity index (χ2n) is 47.7. The molecule has 45 nitrogen and oxygen atoms in total. The van der Waals surface area contributed by atoms with E-state index in [1.165, 1.54) is 0 Å². The van der Waals surface area contributed by atoms with E-state index < -0.39 is 317 Å². The van der Waals surface area contributed by atoms with Gasteiger partial charge in [-0.3, -0.25) is 0 Å². The molecule has 35 unspecified atom stereocenters. The van der Waals surface area contributed by atoms with Gasteiger partial charge in [0.25, 0.3) is 0 Å². The third-order valence-corrected chi connectivity index (χ3v) is 39.4. The van der Waals surface area contributed by atoms with E-state index in [9.17, 15) is 138 Å². The van der Waals surface area contributed by atoms with E-state index in [1.807, 2.05) is 0 Å². The van der Waals surface area contributed by atoms with Gasteiger partial charge in [0.1, 0.15) is 183 Å². The summed E-state index contributed by atoms with van der Waals surface area (Å²) in [7, 11) is 0. The summed E-state index contributed by atoms with van der Waals surface area (Å²) in [4.78, 5) is 0. The van der Waals surface area contributed by atoms with Crippen LogP contribution in [0, 0.1) is 104 Å². The van der Waals surface area contributed by atoms with Gasteiger partial charge in [0.05, 0.1) is 103 Å². The van der Waals surface area contributed by atoms with Gasteiger partial charge in [-0.15, -0.1) is 0 Å². The minimum absolute atomic E-state index is 0.0158. The second-order valence-corrected chi connectivity index (χ2v) is 47.7. The normalized spacial score (nSPS) is 52.0. The van der Waals surface area contributed by atoms with Crippen molar-refractivity contribution in [1.82, 2.24) is 0 Å². The lowest BCUT2D eigenvalue weighted by Gasteiger charge is -2.61. The Hall–Kier alpha value is -1.80. The molecule has 27 N–H and O–H groups in total. The summed E-state index contributed by atoms with van der Waals surface area (Å²) in [5.41, 5.74) is -1.43. The molecule has 0 spiro atoms. The zero-order valence-corrected chi connectivity index (χ0v) is 85.6. The van der Waals surface area contributed by atoms with Crippen LogP contribution in [-0.2, 0) is 85.3 Å². The number of rotatable bonds is 40. The predicted octanol–water partition coefficient (Wildman–Crippen LogP) is -5.27. The van der Waals surface area contributed by atoms with E-state index in [0.29, 0.717) is 78.9 Å². The first-order valence-corrected chi connectivity index (χ1v) is 54.4. The molecule has 0 radical (unpaired) electrons. The van der Waals surface area contributed by atoms with Gasteiger partial charge in [-0.05, 0) is 234 Å². The van der Waals surface area contributed by atoms with Crippen molar-refractivity contribution < 1.29 is 223 Å². The lowest BCUT2D eigenvalue weighted by molar-refractivity contribution is -0.366. The van der Waals surface area contributed by atoms with Crippen LogP contribution in [0.5, 0.6) is 0 Å². The van der Waals surface area contributed by atoms with Crippen LogP contribution in [0.25, 0.3) is 0 Å². The van der Waals surface area contributed by atoms with Crippen LogP contribution >= 0.6 is 0 Å². The van der Waals surface area contributed by atoms with E-state index >= 15 is 0 Å². The molecular formula is C102H174O45. The number of ether oxygens (including phenoxy) is 18. The largest absolute Gasteiger partial charge is 0.394 e. The van der Waals surface area contributed by atoms with E-state index in [2.05, 4.69) is 41.5 Å². The summed E-state index contributed by atoms with van der Waals surface area (Å²) in [6.45, 7) is 9.06. The highest BCUT2D eigenvalue weighted by molar-refractivity contribution is 5.14. The van der Waals surface area contributed by atoms with Gasteiger partial charge >= 0.3 is 0 Å². The fourth-order valence-electron chi connectivity index (χ4n) is 30.7. The Bertz CT molecular complexity index is 3770. The summed E-state index contributed by atoms with van der Waals surface area (Å²) in [5.74, 6) is 4.12. The second kappa shape index (κ2) is 49.6. The lowest BCUT2D eigenvalue weighted by atomic mass is 9.44. The van der Waals surface area contributed by atoms with Gasteiger partial charge in [-0.1, -0.05) is 48.5 Å². The Morgan fingerprint density at radius 1 is 0.272 bits per heavy atom. The third-order valence-electron chi connectivity index (χ3n) is 39.4. The summed E-state index contributed by atoms with van der Waals surface area (Å²) in [5, 5.41) is 293. The average molecular weight is 2120 g/mol. The van der Waals surface area contributed by atoms with Crippen molar-refractivity contribution in [2.45, 2.75) is 441 Å². The van der Waals surface area contributed by atoms with Crippen molar-refractivity contribution in [2.24, 2.45) is 104 Å². The molecule has 0 bridgehead atoms. The molecule has 59 atom stereocenters. The van der Waals surface area contributed by atoms with Gasteiger partial charge in [0, 0.05) is 19.1 Å². The van der Waals surface area contributed by atoms with Crippen LogP contribution in [-0.4, -0.2) is 482 Å².